The second-order valence-corrected chi connectivity index (χ2v) is 8.19. The molecule has 32 heavy (non-hydrogen) atoms. The van der Waals surface area contributed by atoms with Gasteiger partial charge in [-0.05, 0) is 23.8 Å². The van der Waals surface area contributed by atoms with Gasteiger partial charge in [-0.25, -0.2) is 4.98 Å². The fourth-order valence-corrected chi connectivity index (χ4v) is 4.71. The molecule has 0 aliphatic heterocycles. The third-order valence-corrected chi connectivity index (χ3v) is 6.34. The quantitative estimate of drug-likeness (QED) is 0.289. The van der Waals surface area contributed by atoms with E-state index in [1.807, 2.05) is 48.5 Å². The number of H-pyrrole nitrogens is 1. The molecule has 0 aliphatic rings. The molecule has 0 fully saturated rings. The largest absolute Gasteiger partial charge is 0.493 e. The highest BCUT2D eigenvalue weighted by molar-refractivity contribution is 7.98. The van der Waals surface area contributed by atoms with Crippen LogP contribution in [0.2, 0.25) is 0 Å². The van der Waals surface area contributed by atoms with Crippen molar-refractivity contribution < 1.29 is 9.47 Å². The van der Waals surface area contributed by atoms with Gasteiger partial charge >= 0.3 is 0 Å². The Morgan fingerprint density at radius 1 is 0.938 bits per heavy atom. The number of aromatic amines is 1. The Bertz CT molecular complexity index is 1480. The predicted molar refractivity (Wildman–Crippen MR) is 128 cm³/mol. The van der Waals surface area contributed by atoms with Crippen molar-refractivity contribution in [3.05, 3.63) is 88.7 Å². The Labute approximate surface area is 188 Å². The minimum atomic E-state index is -0.158. The highest BCUT2D eigenvalue weighted by Crippen LogP contribution is 2.32. The summed E-state index contributed by atoms with van der Waals surface area (Å²) in [4.78, 5) is 21.9. The molecule has 3 aromatic carbocycles. The lowest BCUT2D eigenvalue weighted by atomic mass is 10.2. The van der Waals surface area contributed by atoms with E-state index >= 15 is 0 Å². The molecule has 0 aliphatic carbocycles. The standard InChI is InChI=1S/C25H21N3O3S/c1-30-20-13-12-17(14-21(20)31-2)28-24(29)23-22(18-10-6-7-11-19(18)26-23)27-25(28)32-15-16-8-4-3-5-9-16/h3-14,26H,15H2,1-2H3. The van der Waals surface area contributed by atoms with Gasteiger partial charge in [0, 0.05) is 22.7 Å². The van der Waals surface area contributed by atoms with Gasteiger partial charge in [0.1, 0.15) is 11.0 Å². The number of thioether (sulfide) groups is 1. The summed E-state index contributed by atoms with van der Waals surface area (Å²) in [6, 6.07) is 23.4. The lowest BCUT2D eigenvalue weighted by Crippen LogP contribution is -2.22. The van der Waals surface area contributed by atoms with Crippen molar-refractivity contribution in [2.45, 2.75) is 10.9 Å². The first-order valence-corrected chi connectivity index (χ1v) is 11.1. The van der Waals surface area contributed by atoms with Crippen LogP contribution < -0.4 is 15.0 Å². The lowest BCUT2D eigenvalue weighted by molar-refractivity contribution is 0.354. The Hall–Kier alpha value is -3.71. The molecule has 2 heterocycles. The average Bonchev–Trinajstić information content (AvgIpc) is 3.22. The van der Waals surface area contributed by atoms with E-state index in [0.717, 1.165) is 16.5 Å². The van der Waals surface area contributed by atoms with Crippen LogP contribution in [0.1, 0.15) is 5.56 Å². The molecule has 5 aromatic rings. The summed E-state index contributed by atoms with van der Waals surface area (Å²) in [5, 5.41) is 1.55. The first kappa shape index (κ1) is 20.2. The molecule has 2 aromatic heterocycles. The topological polar surface area (TPSA) is 69.1 Å². The van der Waals surface area contributed by atoms with Gasteiger partial charge in [-0.2, -0.15) is 0 Å². The summed E-state index contributed by atoms with van der Waals surface area (Å²) in [5.74, 6) is 1.84. The zero-order valence-corrected chi connectivity index (χ0v) is 18.5. The van der Waals surface area contributed by atoms with Crippen molar-refractivity contribution in [1.29, 1.82) is 0 Å². The minimum absolute atomic E-state index is 0.158. The highest BCUT2D eigenvalue weighted by atomic mass is 32.2. The van der Waals surface area contributed by atoms with E-state index in [-0.39, 0.29) is 5.56 Å². The zero-order valence-electron chi connectivity index (χ0n) is 17.7. The van der Waals surface area contributed by atoms with Gasteiger partial charge in [-0.15, -0.1) is 0 Å². The molecule has 0 saturated heterocycles. The van der Waals surface area contributed by atoms with E-state index < -0.39 is 0 Å². The van der Waals surface area contributed by atoms with E-state index in [4.69, 9.17) is 14.5 Å². The Morgan fingerprint density at radius 2 is 1.69 bits per heavy atom. The van der Waals surface area contributed by atoms with Gasteiger partial charge < -0.3 is 14.5 Å². The Balaban J connectivity index is 1.73. The van der Waals surface area contributed by atoms with Crippen molar-refractivity contribution in [3.63, 3.8) is 0 Å². The van der Waals surface area contributed by atoms with Crippen LogP contribution in [0.5, 0.6) is 11.5 Å². The van der Waals surface area contributed by atoms with Crippen LogP contribution in [0, 0.1) is 0 Å². The van der Waals surface area contributed by atoms with E-state index in [0.29, 0.717) is 39.1 Å². The number of hydrogen-bond acceptors (Lipinski definition) is 5. The number of benzene rings is 3. The van der Waals surface area contributed by atoms with Crippen LogP contribution in [0.15, 0.2) is 82.7 Å². The van der Waals surface area contributed by atoms with Crippen molar-refractivity contribution in [2.24, 2.45) is 0 Å². The maximum absolute atomic E-state index is 13.7. The van der Waals surface area contributed by atoms with Gasteiger partial charge in [-0.3, -0.25) is 9.36 Å². The van der Waals surface area contributed by atoms with E-state index in [9.17, 15) is 4.79 Å². The van der Waals surface area contributed by atoms with E-state index in [1.165, 1.54) is 11.8 Å². The summed E-state index contributed by atoms with van der Waals surface area (Å²) in [6.45, 7) is 0. The SMILES string of the molecule is COc1ccc(-n2c(SCc3ccccc3)nc3c([nH]c4ccccc43)c2=O)cc1OC. The van der Waals surface area contributed by atoms with Crippen LogP contribution in [-0.2, 0) is 5.75 Å². The molecule has 0 bridgehead atoms. The molecular weight excluding hydrogens is 422 g/mol. The fraction of sp³-hybridized carbons (Fsp3) is 0.120. The number of nitrogens with one attached hydrogen (secondary N) is 1. The van der Waals surface area contributed by atoms with E-state index in [1.54, 1.807) is 30.9 Å². The summed E-state index contributed by atoms with van der Waals surface area (Å²) in [6.07, 6.45) is 0. The number of rotatable bonds is 6. The van der Waals surface area contributed by atoms with Crippen LogP contribution >= 0.6 is 11.8 Å². The Morgan fingerprint density at radius 3 is 2.47 bits per heavy atom. The summed E-state index contributed by atoms with van der Waals surface area (Å²) in [5.41, 5.74) is 3.70. The number of ether oxygens (including phenoxy) is 2. The second-order valence-electron chi connectivity index (χ2n) is 7.24. The van der Waals surface area contributed by atoms with Crippen LogP contribution in [0.25, 0.3) is 27.6 Å². The summed E-state index contributed by atoms with van der Waals surface area (Å²) < 4.78 is 12.5. The maximum Gasteiger partial charge on any atom is 0.283 e. The first-order valence-electron chi connectivity index (χ1n) is 10.1. The average molecular weight is 444 g/mol. The van der Waals surface area contributed by atoms with Crippen molar-refractivity contribution >= 4 is 33.7 Å². The monoisotopic (exact) mass is 443 g/mol. The molecule has 7 heteroatoms. The molecule has 160 valence electrons. The molecule has 0 atom stereocenters. The highest BCUT2D eigenvalue weighted by Gasteiger charge is 2.18. The summed E-state index contributed by atoms with van der Waals surface area (Å²) >= 11 is 1.53. The molecule has 0 amide bonds. The molecule has 6 nitrogen and oxygen atoms in total. The van der Waals surface area contributed by atoms with Crippen LogP contribution in [0.4, 0.5) is 0 Å². The molecule has 1 N–H and O–H groups in total. The van der Waals surface area contributed by atoms with Crippen LogP contribution in [-0.4, -0.2) is 28.8 Å². The smallest absolute Gasteiger partial charge is 0.283 e. The molecular formula is C25H21N3O3S. The normalized spacial score (nSPS) is 11.2. The van der Waals surface area contributed by atoms with Gasteiger partial charge in [0.05, 0.1) is 19.9 Å². The predicted octanol–water partition coefficient (Wildman–Crippen LogP) is 5.18. The lowest BCUT2D eigenvalue weighted by Gasteiger charge is -2.14. The van der Waals surface area contributed by atoms with Crippen molar-refractivity contribution in [1.82, 2.24) is 14.5 Å². The van der Waals surface area contributed by atoms with Crippen molar-refractivity contribution in [3.8, 4) is 17.2 Å². The number of fused-ring (bicyclic) bond motifs is 3. The molecule has 5 rings (SSSR count). The van der Waals surface area contributed by atoms with Crippen LogP contribution in [0.3, 0.4) is 0 Å². The third-order valence-electron chi connectivity index (χ3n) is 5.33. The van der Waals surface area contributed by atoms with Gasteiger partial charge in [0.15, 0.2) is 16.7 Å². The van der Waals surface area contributed by atoms with Gasteiger partial charge in [0.2, 0.25) is 0 Å². The first-order chi connectivity index (χ1) is 15.7. The van der Waals surface area contributed by atoms with Crippen molar-refractivity contribution in [2.75, 3.05) is 14.2 Å². The molecule has 0 radical (unpaired) electrons. The fourth-order valence-electron chi connectivity index (χ4n) is 3.75. The van der Waals surface area contributed by atoms with Gasteiger partial charge in [0.25, 0.3) is 5.56 Å². The molecule has 0 saturated carbocycles. The molecule has 0 unspecified atom stereocenters. The number of hydrogen-bond donors (Lipinski definition) is 1. The van der Waals surface area contributed by atoms with E-state index in [2.05, 4.69) is 17.1 Å². The second kappa shape index (κ2) is 8.43. The number of aromatic nitrogens is 3. The maximum atomic E-state index is 13.7. The summed E-state index contributed by atoms with van der Waals surface area (Å²) in [7, 11) is 3.16. The number of para-hydroxylation sites is 1. The number of methoxy groups -OCH3 is 2. The molecule has 0 spiro atoms. The minimum Gasteiger partial charge on any atom is -0.493 e. The zero-order chi connectivity index (χ0) is 22.1. The van der Waals surface area contributed by atoms with Gasteiger partial charge in [-0.1, -0.05) is 60.3 Å². The number of nitrogens with zero attached hydrogens (tertiary/aromatic N) is 2. The Kier molecular flexibility index (Phi) is 5.33. The third kappa shape index (κ3) is 3.50.